The lowest BCUT2D eigenvalue weighted by molar-refractivity contribution is -0.0795. The number of hydrogen-bond donors (Lipinski definition) is 1. The quantitative estimate of drug-likeness (QED) is 0.943. The van der Waals surface area contributed by atoms with Gasteiger partial charge in [-0.25, -0.2) is 9.97 Å². The van der Waals surface area contributed by atoms with Crippen molar-refractivity contribution in [3.63, 3.8) is 0 Å². The number of nitrogens with zero attached hydrogens (tertiary/aromatic N) is 3. The first-order valence-electron chi connectivity index (χ1n) is 6.31. The van der Waals surface area contributed by atoms with Gasteiger partial charge in [0.25, 0.3) is 0 Å². The standard InChI is InChI=1S/C13H17BrN4O/c1-13(2)8(6-9(13)19-3)16-11-12-15-4-5-18(12)7-10(14)17-11/h4-5,7-9H,6H2,1-3H3,(H,16,17). The Bertz CT molecular complexity index is 610. The van der Waals surface area contributed by atoms with Gasteiger partial charge in [0, 0.05) is 37.2 Å². The molecular formula is C13H17BrN4O. The van der Waals surface area contributed by atoms with Gasteiger partial charge in [0.2, 0.25) is 0 Å². The molecule has 1 aliphatic rings. The van der Waals surface area contributed by atoms with E-state index in [1.165, 1.54) is 0 Å². The highest BCUT2D eigenvalue weighted by Crippen LogP contribution is 2.44. The van der Waals surface area contributed by atoms with Gasteiger partial charge >= 0.3 is 0 Å². The third-order valence-corrected chi connectivity index (χ3v) is 4.50. The second kappa shape index (κ2) is 4.45. The highest BCUT2D eigenvalue weighted by Gasteiger charge is 2.48. The minimum absolute atomic E-state index is 0.0995. The molecule has 19 heavy (non-hydrogen) atoms. The van der Waals surface area contributed by atoms with Gasteiger partial charge in [-0.2, -0.15) is 0 Å². The van der Waals surface area contributed by atoms with E-state index in [1.807, 2.05) is 16.8 Å². The Kier molecular flexibility index (Phi) is 3.02. The van der Waals surface area contributed by atoms with Gasteiger partial charge < -0.3 is 14.5 Å². The highest BCUT2D eigenvalue weighted by molar-refractivity contribution is 9.10. The third-order valence-electron chi connectivity index (χ3n) is 4.12. The monoisotopic (exact) mass is 324 g/mol. The van der Waals surface area contributed by atoms with Crippen LogP contribution in [0.5, 0.6) is 0 Å². The summed E-state index contributed by atoms with van der Waals surface area (Å²) in [5.41, 5.74) is 0.947. The summed E-state index contributed by atoms with van der Waals surface area (Å²) in [5, 5.41) is 3.50. The molecule has 2 atom stereocenters. The van der Waals surface area contributed by atoms with E-state index in [0.717, 1.165) is 22.5 Å². The molecular weight excluding hydrogens is 308 g/mol. The molecule has 0 bridgehead atoms. The highest BCUT2D eigenvalue weighted by atomic mass is 79.9. The number of methoxy groups -OCH3 is 1. The maximum Gasteiger partial charge on any atom is 0.180 e. The molecule has 1 aliphatic carbocycles. The van der Waals surface area contributed by atoms with Crippen molar-refractivity contribution in [1.29, 1.82) is 0 Å². The molecule has 2 heterocycles. The van der Waals surface area contributed by atoms with Crippen LogP contribution in [0.1, 0.15) is 20.3 Å². The summed E-state index contributed by atoms with van der Waals surface area (Å²) in [5.74, 6) is 0.812. The minimum atomic E-state index is 0.0995. The van der Waals surface area contributed by atoms with Crippen LogP contribution in [0.4, 0.5) is 5.82 Å². The summed E-state index contributed by atoms with van der Waals surface area (Å²) in [6, 6.07) is 0.347. The lowest BCUT2D eigenvalue weighted by atomic mass is 9.64. The van der Waals surface area contributed by atoms with Gasteiger partial charge in [0.1, 0.15) is 4.60 Å². The fourth-order valence-corrected chi connectivity index (χ4v) is 3.09. The van der Waals surface area contributed by atoms with Crippen LogP contribution in [0.25, 0.3) is 5.65 Å². The van der Waals surface area contributed by atoms with Crippen LogP contribution < -0.4 is 5.32 Å². The predicted octanol–water partition coefficient (Wildman–Crippen LogP) is 2.72. The Morgan fingerprint density at radius 2 is 2.32 bits per heavy atom. The number of nitrogens with one attached hydrogen (secondary N) is 1. The zero-order valence-electron chi connectivity index (χ0n) is 11.2. The molecule has 1 N–H and O–H groups in total. The molecule has 2 aromatic rings. The topological polar surface area (TPSA) is 51.5 Å². The molecule has 5 nitrogen and oxygen atoms in total. The first-order valence-corrected chi connectivity index (χ1v) is 7.10. The van der Waals surface area contributed by atoms with Crippen molar-refractivity contribution in [3.05, 3.63) is 23.2 Å². The lowest BCUT2D eigenvalue weighted by Crippen LogP contribution is -2.57. The number of hydrogen-bond acceptors (Lipinski definition) is 4. The van der Waals surface area contributed by atoms with E-state index in [9.17, 15) is 0 Å². The summed E-state index contributed by atoms with van der Waals surface area (Å²) in [6.45, 7) is 4.42. The number of ether oxygens (including phenoxy) is 1. The molecule has 1 saturated carbocycles. The van der Waals surface area contributed by atoms with Crippen LogP contribution >= 0.6 is 15.9 Å². The second-order valence-electron chi connectivity index (χ2n) is 5.55. The molecule has 6 heteroatoms. The number of fused-ring (bicyclic) bond motifs is 1. The Morgan fingerprint density at radius 3 is 3.00 bits per heavy atom. The Labute approximate surface area is 120 Å². The molecule has 0 saturated heterocycles. The van der Waals surface area contributed by atoms with E-state index in [-0.39, 0.29) is 5.41 Å². The molecule has 0 spiro atoms. The molecule has 0 amide bonds. The molecule has 0 aromatic carbocycles. The Hall–Kier alpha value is -1.14. The van der Waals surface area contributed by atoms with Gasteiger partial charge in [0.15, 0.2) is 11.5 Å². The number of halogens is 1. The largest absolute Gasteiger partial charge is 0.381 e. The van der Waals surface area contributed by atoms with Gasteiger partial charge in [0.05, 0.1) is 6.10 Å². The zero-order valence-corrected chi connectivity index (χ0v) is 12.8. The van der Waals surface area contributed by atoms with Crippen LogP contribution in [-0.4, -0.2) is 33.6 Å². The average Bonchev–Trinajstić information content (AvgIpc) is 2.81. The van der Waals surface area contributed by atoms with E-state index in [4.69, 9.17) is 4.74 Å². The van der Waals surface area contributed by atoms with Crippen LogP contribution in [-0.2, 0) is 4.74 Å². The fourth-order valence-electron chi connectivity index (χ4n) is 2.69. The SMILES string of the molecule is COC1CC(Nc2nc(Br)cn3ccnc23)C1(C)C. The number of rotatable bonds is 3. The predicted molar refractivity (Wildman–Crippen MR) is 77.3 cm³/mol. The number of anilines is 1. The van der Waals surface area contributed by atoms with Crippen LogP contribution in [0.2, 0.25) is 0 Å². The molecule has 2 unspecified atom stereocenters. The first-order chi connectivity index (χ1) is 9.02. The number of imidazole rings is 1. The van der Waals surface area contributed by atoms with E-state index in [1.54, 1.807) is 13.3 Å². The summed E-state index contributed by atoms with van der Waals surface area (Å²) in [6.07, 6.45) is 6.88. The number of aromatic nitrogens is 3. The van der Waals surface area contributed by atoms with E-state index in [2.05, 4.69) is 45.1 Å². The minimum Gasteiger partial charge on any atom is -0.381 e. The average molecular weight is 325 g/mol. The molecule has 102 valence electrons. The normalized spacial score (nSPS) is 25.3. The smallest absolute Gasteiger partial charge is 0.180 e. The summed E-state index contributed by atoms with van der Waals surface area (Å²) in [4.78, 5) is 8.84. The maximum absolute atomic E-state index is 5.48. The van der Waals surface area contributed by atoms with Crippen LogP contribution in [0, 0.1) is 5.41 Å². The van der Waals surface area contributed by atoms with Crippen LogP contribution in [0.15, 0.2) is 23.2 Å². The Balaban J connectivity index is 1.88. The van der Waals surface area contributed by atoms with Gasteiger partial charge in [-0.3, -0.25) is 0 Å². The zero-order chi connectivity index (χ0) is 13.6. The Morgan fingerprint density at radius 1 is 1.53 bits per heavy atom. The first kappa shape index (κ1) is 12.9. The molecule has 3 rings (SSSR count). The van der Waals surface area contributed by atoms with Crippen molar-refractivity contribution >= 4 is 27.4 Å². The molecule has 0 aliphatic heterocycles. The van der Waals surface area contributed by atoms with Crippen molar-refractivity contribution in [2.45, 2.75) is 32.4 Å². The van der Waals surface area contributed by atoms with Crippen molar-refractivity contribution in [1.82, 2.24) is 14.4 Å². The van der Waals surface area contributed by atoms with E-state index in [0.29, 0.717) is 12.1 Å². The summed E-state index contributed by atoms with van der Waals surface area (Å²) < 4.78 is 8.22. The summed E-state index contributed by atoms with van der Waals surface area (Å²) in [7, 11) is 1.77. The van der Waals surface area contributed by atoms with E-state index < -0.39 is 0 Å². The fraction of sp³-hybridized carbons (Fsp3) is 0.538. The lowest BCUT2D eigenvalue weighted by Gasteiger charge is -2.51. The molecule has 1 fully saturated rings. The summed E-state index contributed by atoms with van der Waals surface area (Å²) >= 11 is 3.43. The third kappa shape index (κ3) is 2.03. The second-order valence-corrected chi connectivity index (χ2v) is 6.36. The van der Waals surface area contributed by atoms with Gasteiger partial charge in [-0.1, -0.05) is 13.8 Å². The van der Waals surface area contributed by atoms with Crippen molar-refractivity contribution < 1.29 is 4.74 Å². The van der Waals surface area contributed by atoms with Crippen molar-refractivity contribution in [2.75, 3.05) is 12.4 Å². The molecule has 0 radical (unpaired) electrons. The van der Waals surface area contributed by atoms with Crippen molar-refractivity contribution in [2.24, 2.45) is 5.41 Å². The van der Waals surface area contributed by atoms with Crippen molar-refractivity contribution in [3.8, 4) is 0 Å². The van der Waals surface area contributed by atoms with E-state index >= 15 is 0 Å². The van der Waals surface area contributed by atoms with Crippen LogP contribution in [0.3, 0.4) is 0 Å². The van der Waals surface area contributed by atoms with Gasteiger partial charge in [-0.05, 0) is 22.4 Å². The maximum atomic E-state index is 5.48. The van der Waals surface area contributed by atoms with Gasteiger partial charge in [-0.15, -0.1) is 0 Å². The molecule has 2 aromatic heterocycles.